The minimum atomic E-state index is -5.18. The second kappa shape index (κ2) is 9.09. The van der Waals surface area contributed by atoms with E-state index in [0.29, 0.717) is 17.1 Å². The van der Waals surface area contributed by atoms with E-state index in [1.807, 2.05) is 0 Å². The maximum Gasteiger partial charge on any atom is 0.510 e. The van der Waals surface area contributed by atoms with Gasteiger partial charge in [-0.3, -0.25) is 0 Å². The zero-order chi connectivity index (χ0) is 22.0. The Balaban J connectivity index is 2.25. The first-order valence-electron chi connectivity index (χ1n) is 7.65. The van der Waals surface area contributed by atoms with Crippen molar-refractivity contribution < 1.29 is 38.6 Å². The van der Waals surface area contributed by atoms with Crippen LogP contribution in [0.25, 0.3) is 0 Å². The van der Waals surface area contributed by atoms with Gasteiger partial charge in [-0.05, 0) is 42.0 Å². The van der Waals surface area contributed by atoms with Crippen molar-refractivity contribution in [2.75, 3.05) is 0 Å². The highest BCUT2D eigenvalue weighted by molar-refractivity contribution is 14.2. The molecule has 0 unspecified atom stereocenters. The van der Waals surface area contributed by atoms with Crippen molar-refractivity contribution in [3.63, 3.8) is 0 Å². The number of amides is 1. The summed E-state index contributed by atoms with van der Waals surface area (Å²) < 4.78 is 40.9. The van der Waals surface area contributed by atoms with Gasteiger partial charge in [0.25, 0.3) is 49.3 Å². The number of hydrogen-bond acceptors (Lipinski definition) is 4. The van der Waals surface area contributed by atoms with E-state index in [1.54, 1.807) is 12.1 Å². The number of rotatable bonds is 6. The summed E-state index contributed by atoms with van der Waals surface area (Å²) >= 11 is 3.77. The number of benzene rings is 2. The summed E-state index contributed by atoms with van der Waals surface area (Å²) in [4.78, 5) is 23.7. The molecule has 0 aliphatic heterocycles. The molecule has 0 saturated heterocycles. The molecular formula is C17H12F3I3NO5+. The lowest BCUT2D eigenvalue weighted by Gasteiger charge is -2.34. The predicted octanol–water partition coefficient (Wildman–Crippen LogP) is 5.55. The third-order valence-electron chi connectivity index (χ3n) is 3.70. The largest absolute Gasteiger partial charge is 0.510 e. The molecule has 0 fully saturated rings. The first kappa shape index (κ1) is 24.4. The number of hydrogen-bond donors (Lipinski definition) is 2. The smallest absolute Gasteiger partial charge is 0.508 e. The minimum Gasteiger partial charge on any atom is -0.508 e. The van der Waals surface area contributed by atoms with E-state index in [-0.39, 0.29) is 12.2 Å². The monoisotopic (exact) mass is 748 g/mol. The van der Waals surface area contributed by atoms with E-state index >= 15 is 0 Å². The highest BCUT2D eigenvalue weighted by Crippen LogP contribution is 2.48. The summed E-state index contributed by atoms with van der Waals surface area (Å²) in [5.74, 6) is -2.79. The van der Waals surface area contributed by atoms with Gasteiger partial charge in [0.15, 0.2) is 0 Å². The predicted molar refractivity (Wildman–Crippen MR) is 122 cm³/mol. The zero-order valence-corrected chi connectivity index (χ0v) is 20.6. The van der Waals surface area contributed by atoms with Crippen molar-refractivity contribution in [1.82, 2.24) is 0 Å². The molecule has 2 aromatic carbocycles. The number of carbonyl (C=O) groups is 2. The molecule has 1 amide bonds. The molecule has 156 valence electrons. The lowest BCUT2D eigenvalue weighted by molar-refractivity contribution is -0.525. The summed E-state index contributed by atoms with van der Waals surface area (Å²) in [6.45, 7) is 0. The second-order valence-corrected chi connectivity index (χ2v) is 12.3. The van der Waals surface area contributed by atoms with Gasteiger partial charge in [-0.25, -0.2) is 9.59 Å². The van der Waals surface area contributed by atoms with Crippen LogP contribution in [0.3, 0.4) is 0 Å². The molecule has 6 nitrogen and oxygen atoms in total. The lowest BCUT2D eigenvalue weighted by Crippen LogP contribution is -2.60. The van der Waals surface area contributed by atoms with E-state index in [2.05, 4.69) is 0 Å². The van der Waals surface area contributed by atoms with Crippen LogP contribution in [-0.2, 0) is 16.0 Å². The Hall–Kier alpha value is -0.880. The fraction of sp³-hybridized carbons (Fsp3) is 0.176. The molecule has 0 radical (unpaired) electrons. The van der Waals surface area contributed by atoms with Crippen LogP contribution in [0.15, 0.2) is 48.5 Å². The molecule has 0 heterocycles. The van der Waals surface area contributed by atoms with Gasteiger partial charge in [-0.1, -0.05) is 12.1 Å². The number of aliphatic carboxylic acids is 1. The fourth-order valence-electron chi connectivity index (χ4n) is 2.21. The average molecular weight is 748 g/mol. The van der Waals surface area contributed by atoms with Crippen molar-refractivity contribution in [3.8, 4) is 17.2 Å². The number of carboxylic acid groups (broad SMARTS) is 1. The Bertz CT molecular complexity index is 904. The van der Waals surface area contributed by atoms with Crippen LogP contribution in [0.1, 0.15) is 5.56 Å². The molecule has 2 aromatic rings. The number of phenolic OH excluding ortho intramolecular Hbond substituents is 1. The number of carbonyl (C=O) groups excluding carboxylic acids is 1. The highest BCUT2D eigenvalue weighted by Gasteiger charge is 2.66. The number of halogens is 6. The van der Waals surface area contributed by atoms with Gasteiger partial charge in [0.2, 0.25) is 0 Å². The average Bonchev–Trinajstić information content (AvgIpc) is 2.63. The summed E-state index contributed by atoms with van der Waals surface area (Å²) in [6.07, 6.45) is -5.52. The number of alkyl halides is 4. The number of ether oxygens (including phenoxy) is 1. The maximum absolute atomic E-state index is 13.0. The highest BCUT2D eigenvalue weighted by atomic mass is 127. The standard InChI is InChI=1S/C17H11F3I3NO5/c18-17(19,20)14(26)24(22,23)16(21,15(27)28)9-10-1-5-12(6-2-10)29-13-7-3-11(25)4-8-13/h1-8H,9H2,(H-,25,27,28)/p+1/t16-/m0/s1. The molecule has 1 atom stereocenters. The Kier molecular flexibility index (Phi) is 7.64. The van der Waals surface area contributed by atoms with Crippen LogP contribution < -0.4 is 4.74 Å². The van der Waals surface area contributed by atoms with Crippen LogP contribution in [0.2, 0.25) is 0 Å². The normalized spacial score (nSPS) is 14.1. The molecule has 0 aromatic heterocycles. The summed E-state index contributed by atoms with van der Waals surface area (Å²) in [5, 5.41) is 18.9. The number of aromatic hydroxyl groups is 1. The van der Waals surface area contributed by atoms with Gasteiger partial charge in [0, 0.05) is 22.6 Å². The summed E-state index contributed by atoms with van der Waals surface area (Å²) in [5.41, 5.74) is 0.408. The molecule has 2 rings (SSSR count). The van der Waals surface area contributed by atoms with E-state index in [4.69, 9.17) is 4.74 Å². The topological polar surface area (TPSA) is 83.8 Å². The zero-order valence-electron chi connectivity index (χ0n) is 14.2. The van der Waals surface area contributed by atoms with Crippen LogP contribution >= 0.6 is 68.3 Å². The van der Waals surface area contributed by atoms with Crippen molar-refractivity contribution in [3.05, 3.63) is 54.1 Å². The SMILES string of the molecule is O=C(O)[C@](I)(Cc1ccc(Oc2ccc(O)cc2)cc1)[N+](I)(I)C(=O)C(F)(F)F. The molecule has 0 aliphatic rings. The van der Waals surface area contributed by atoms with Crippen LogP contribution in [0, 0.1) is 0 Å². The van der Waals surface area contributed by atoms with E-state index in [1.165, 1.54) is 105 Å². The van der Waals surface area contributed by atoms with Crippen molar-refractivity contribution >= 4 is 80.2 Å². The van der Waals surface area contributed by atoms with Crippen LogP contribution in [0.4, 0.5) is 13.2 Å². The molecule has 0 spiro atoms. The molecule has 0 aliphatic carbocycles. The minimum absolute atomic E-state index is 0.0763. The van der Waals surface area contributed by atoms with Crippen molar-refractivity contribution in [2.45, 2.75) is 16.1 Å². The van der Waals surface area contributed by atoms with Crippen molar-refractivity contribution in [1.29, 1.82) is 0 Å². The quantitative estimate of drug-likeness (QED) is 0.176. The molecule has 0 saturated carbocycles. The third-order valence-corrected chi connectivity index (χ3v) is 9.64. The Morgan fingerprint density at radius 1 is 0.966 bits per heavy atom. The molecular weight excluding hydrogens is 736 g/mol. The van der Waals surface area contributed by atoms with Gasteiger partial charge in [-0.2, -0.15) is 13.2 Å². The van der Waals surface area contributed by atoms with E-state index in [9.17, 15) is 33.0 Å². The Morgan fingerprint density at radius 3 is 1.83 bits per heavy atom. The first-order chi connectivity index (χ1) is 13.3. The number of carboxylic acids is 1. The number of quaternary nitrogens is 1. The lowest BCUT2D eigenvalue weighted by atomic mass is 10.1. The molecule has 2 N–H and O–H groups in total. The number of phenols is 1. The van der Waals surface area contributed by atoms with Gasteiger partial charge in [0.1, 0.15) is 17.2 Å². The molecule has 0 bridgehead atoms. The van der Waals surface area contributed by atoms with Gasteiger partial charge >= 0.3 is 18.1 Å². The first-order valence-corrected chi connectivity index (χ1v) is 10.7. The fourth-order valence-corrected chi connectivity index (χ4v) is 4.17. The summed E-state index contributed by atoms with van der Waals surface area (Å²) in [7, 11) is 0. The molecule has 29 heavy (non-hydrogen) atoms. The van der Waals surface area contributed by atoms with Crippen LogP contribution in [-0.4, -0.2) is 32.7 Å². The van der Waals surface area contributed by atoms with Crippen molar-refractivity contribution in [2.24, 2.45) is 0 Å². The van der Waals surface area contributed by atoms with Gasteiger partial charge in [0.05, 0.1) is 6.42 Å². The third kappa shape index (κ3) is 5.63. The van der Waals surface area contributed by atoms with E-state index in [0.717, 1.165) is 0 Å². The summed E-state index contributed by atoms with van der Waals surface area (Å²) in [6, 6.07) is 12.1. The van der Waals surface area contributed by atoms with Gasteiger partial charge in [-0.15, -0.1) is 0.910 Å². The van der Waals surface area contributed by atoms with Crippen LogP contribution in [0.5, 0.6) is 17.2 Å². The Morgan fingerprint density at radius 2 is 1.41 bits per heavy atom. The second-order valence-electron chi connectivity index (χ2n) is 5.80. The molecule has 12 heteroatoms. The van der Waals surface area contributed by atoms with E-state index < -0.39 is 22.5 Å². The number of nitrogens with zero attached hydrogens (tertiary/aromatic N) is 1. The maximum atomic E-state index is 13.0. The Labute approximate surface area is 204 Å². The van der Waals surface area contributed by atoms with Gasteiger partial charge < -0.3 is 14.9 Å².